The molecule has 0 atom stereocenters. The van der Waals surface area contributed by atoms with Crippen LogP contribution in [0.15, 0.2) is 30.5 Å². The van der Waals surface area contributed by atoms with Gasteiger partial charge in [0.15, 0.2) is 0 Å². The molecule has 0 bridgehead atoms. The van der Waals surface area contributed by atoms with Gasteiger partial charge in [-0.1, -0.05) is 26.0 Å². The van der Waals surface area contributed by atoms with Crippen LogP contribution in [0.3, 0.4) is 0 Å². The molecule has 108 valence electrons. The summed E-state index contributed by atoms with van der Waals surface area (Å²) in [6, 6.07) is 8.68. The summed E-state index contributed by atoms with van der Waals surface area (Å²) in [5, 5.41) is 4.61. The molecule has 0 N–H and O–H groups in total. The number of hydrogen-bond acceptors (Lipinski definition) is 2. The molecule has 0 spiro atoms. The van der Waals surface area contributed by atoms with E-state index < -0.39 is 0 Å². The fourth-order valence-corrected chi connectivity index (χ4v) is 2.35. The average Bonchev–Trinajstić information content (AvgIpc) is 2.91. The Labute approximate surface area is 121 Å². The van der Waals surface area contributed by atoms with Crippen molar-refractivity contribution in [1.82, 2.24) is 9.78 Å². The molecule has 0 aliphatic heterocycles. The van der Waals surface area contributed by atoms with Crippen LogP contribution in [0.4, 0.5) is 0 Å². The van der Waals surface area contributed by atoms with E-state index >= 15 is 0 Å². The molecule has 0 radical (unpaired) electrons. The first-order valence-electron chi connectivity index (χ1n) is 7.38. The van der Waals surface area contributed by atoms with E-state index in [2.05, 4.69) is 49.7 Å². The third kappa shape index (κ3) is 3.21. The smallest absolute Gasteiger partial charge is 0.132 e. The van der Waals surface area contributed by atoms with E-state index in [0.717, 1.165) is 24.3 Å². The van der Waals surface area contributed by atoms with Gasteiger partial charge in [0.2, 0.25) is 0 Å². The highest BCUT2D eigenvalue weighted by atomic mass is 16.5. The van der Waals surface area contributed by atoms with Crippen LogP contribution in [0.2, 0.25) is 0 Å². The first kappa shape index (κ1) is 14.6. The van der Waals surface area contributed by atoms with Crippen LogP contribution in [0.5, 0.6) is 5.75 Å². The molecule has 0 saturated heterocycles. The Morgan fingerprint density at radius 2 is 1.90 bits per heavy atom. The maximum atomic E-state index is 5.89. The van der Waals surface area contributed by atoms with Crippen molar-refractivity contribution >= 4 is 0 Å². The molecule has 1 heterocycles. The highest BCUT2D eigenvalue weighted by Crippen LogP contribution is 2.22. The first-order chi connectivity index (χ1) is 9.65. The minimum Gasteiger partial charge on any atom is -0.487 e. The molecule has 0 saturated carbocycles. The quantitative estimate of drug-likeness (QED) is 0.777. The van der Waals surface area contributed by atoms with Crippen LogP contribution in [0.25, 0.3) is 0 Å². The Balaban J connectivity index is 2.03. The molecule has 1 aromatic heterocycles. The van der Waals surface area contributed by atoms with Crippen LogP contribution >= 0.6 is 0 Å². The van der Waals surface area contributed by atoms with Crippen LogP contribution in [0.1, 0.15) is 49.6 Å². The van der Waals surface area contributed by atoms with Gasteiger partial charge in [-0.05, 0) is 49.9 Å². The van der Waals surface area contributed by atoms with Crippen molar-refractivity contribution in [2.75, 3.05) is 0 Å². The second kappa shape index (κ2) is 6.60. The van der Waals surface area contributed by atoms with Crippen molar-refractivity contribution in [3.8, 4) is 5.75 Å². The molecule has 0 fully saturated rings. The predicted molar refractivity (Wildman–Crippen MR) is 82.1 cm³/mol. The van der Waals surface area contributed by atoms with Crippen LogP contribution in [0, 0.1) is 13.8 Å². The summed E-state index contributed by atoms with van der Waals surface area (Å²) in [4.78, 5) is 0. The Morgan fingerprint density at radius 1 is 1.15 bits per heavy atom. The van der Waals surface area contributed by atoms with Crippen molar-refractivity contribution < 1.29 is 4.74 Å². The topological polar surface area (TPSA) is 27.1 Å². The molecule has 2 aromatic rings. The maximum Gasteiger partial charge on any atom is 0.132 e. The lowest BCUT2D eigenvalue weighted by atomic mass is 10.1. The fraction of sp³-hybridized carbons (Fsp3) is 0.471. The van der Waals surface area contributed by atoms with Crippen molar-refractivity contribution in [2.24, 2.45) is 0 Å². The van der Waals surface area contributed by atoms with Crippen molar-refractivity contribution in [1.29, 1.82) is 0 Å². The zero-order valence-electron chi connectivity index (χ0n) is 12.9. The van der Waals surface area contributed by atoms with Crippen LogP contribution in [-0.4, -0.2) is 9.78 Å². The van der Waals surface area contributed by atoms with Crippen molar-refractivity contribution in [3.05, 3.63) is 47.3 Å². The molecule has 3 heteroatoms. The highest BCUT2D eigenvalue weighted by molar-refractivity contribution is 5.38. The van der Waals surface area contributed by atoms with Crippen LogP contribution in [-0.2, 0) is 6.61 Å². The van der Waals surface area contributed by atoms with Crippen molar-refractivity contribution in [3.63, 3.8) is 0 Å². The standard InChI is InChI=1S/C17H24N2O/c1-5-16(6-2)19-11-10-15(18-19)12-20-17-9-7-8-13(3)14(17)4/h7-11,16H,5-6,12H2,1-4H3. The number of aromatic nitrogens is 2. The minimum absolute atomic E-state index is 0.490. The molecular weight excluding hydrogens is 248 g/mol. The van der Waals surface area contributed by atoms with E-state index in [1.807, 2.05) is 18.2 Å². The molecule has 0 aliphatic carbocycles. The van der Waals surface area contributed by atoms with Gasteiger partial charge in [0, 0.05) is 6.20 Å². The third-order valence-corrected chi connectivity index (χ3v) is 3.91. The summed E-state index contributed by atoms with van der Waals surface area (Å²) >= 11 is 0. The lowest BCUT2D eigenvalue weighted by Crippen LogP contribution is -2.08. The second-order valence-corrected chi connectivity index (χ2v) is 5.24. The Hall–Kier alpha value is -1.77. The summed E-state index contributed by atoms with van der Waals surface area (Å²) in [5.41, 5.74) is 3.44. The van der Waals surface area contributed by atoms with Gasteiger partial charge >= 0.3 is 0 Å². The fourth-order valence-electron chi connectivity index (χ4n) is 2.35. The second-order valence-electron chi connectivity index (χ2n) is 5.24. The zero-order valence-corrected chi connectivity index (χ0v) is 12.9. The van der Waals surface area contributed by atoms with E-state index in [-0.39, 0.29) is 0 Å². The lowest BCUT2D eigenvalue weighted by Gasteiger charge is -2.12. The predicted octanol–water partition coefficient (Wildman–Crippen LogP) is 4.44. The average molecular weight is 272 g/mol. The summed E-state index contributed by atoms with van der Waals surface area (Å²) in [5.74, 6) is 0.946. The van der Waals surface area contributed by atoms with E-state index in [9.17, 15) is 0 Å². The number of nitrogens with zero attached hydrogens (tertiary/aromatic N) is 2. The van der Waals surface area contributed by atoms with E-state index in [1.165, 1.54) is 11.1 Å². The maximum absolute atomic E-state index is 5.89. The van der Waals surface area contributed by atoms with Gasteiger partial charge in [-0.15, -0.1) is 0 Å². The van der Waals surface area contributed by atoms with Gasteiger partial charge in [0.1, 0.15) is 12.4 Å². The van der Waals surface area contributed by atoms with Gasteiger partial charge < -0.3 is 4.74 Å². The lowest BCUT2D eigenvalue weighted by molar-refractivity contribution is 0.295. The minimum atomic E-state index is 0.490. The number of rotatable bonds is 6. The van der Waals surface area contributed by atoms with E-state index in [0.29, 0.717) is 12.6 Å². The Kier molecular flexibility index (Phi) is 4.83. The first-order valence-corrected chi connectivity index (χ1v) is 7.38. The molecule has 0 unspecified atom stereocenters. The third-order valence-electron chi connectivity index (χ3n) is 3.91. The molecule has 1 aromatic carbocycles. The number of aryl methyl sites for hydroxylation is 1. The molecule has 3 nitrogen and oxygen atoms in total. The summed E-state index contributed by atoms with van der Waals surface area (Å²) in [6.07, 6.45) is 4.27. The SMILES string of the molecule is CCC(CC)n1ccc(COc2cccc(C)c2C)n1. The highest BCUT2D eigenvalue weighted by Gasteiger charge is 2.09. The molecular formula is C17H24N2O. The summed E-state index contributed by atoms with van der Waals surface area (Å²) in [6.45, 7) is 9.11. The largest absolute Gasteiger partial charge is 0.487 e. The van der Waals surface area contributed by atoms with E-state index in [4.69, 9.17) is 4.74 Å². The van der Waals surface area contributed by atoms with E-state index in [1.54, 1.807) is 0 Å². The number of ether oxygens (including phenoxy) is 1. The Morgan fingerprint density at radius 3 is 2.60 bits per heavy atom. The van der Waals surface area contributed by atoms with Gasteiger partial charge in [-0.2, -0.15) is 5.10 Å². The number of hydrogen-bond donors (Lipinski definition) is 0. The molecule has 0 aliphatic rings. The van der Waals surface area contributed by atoms with Crippen LogP contribution < -0.4 is 4.74 Å². The summed E-state index contributed by atoms with van der Waals surface area (Å²) < 4.78 is 7.95. The Bertz CT molecular complexity index is 556. The zero-order chi connectivity index (χ0) is 14.5. The van der Waals surface area contributed by atoms with Crippen molar-refractivity contribution in [2.45, 2.75) is 53.2 Å². The van der Waals surface area contributed by atoms with Gasteiger partial charge in [-0.3, -0.25) is 4.68 Å². The molecule has 0 amide bonds. The molecule has 20 heavy (non-hydrogen) atoms. The number of benzene rings is 1. The normalized spacial score (nSPS) is 11.1. The monoisotopic (exact) mass is 272 g/mol. The summed E-state index contributed by atoms with van der Waals surface area (Å²) in [7, 11) is 0. The van der Waals surface area contributed by atoms with Gasteiger partial charge in [0.05, 0.1) is 11.7 Å². The molecule has 2 rings (SSSR count). The van der Waals surface area contributed by atoms with Gasteiger partial charge in [0.25, 0.3) is 0 Å². The van der Waals surface area contributed by atoms with Gasteiger partial charge in [-0.25, -0.2) is 0 Å².